The Morgan fingerprint density at radius 3 is 2.76 bits per heavy atom. The number of pyridine rings is 1. The van der Waals surface area contributed by atoms with E-state index in [-0.39, 0.29) is 0 Å². The van der Waals surface area contributed by atoms with Crippen LogP contribution in [0, 0.1) is 0 Å². The normalized spacial score (nSPS) is 12.5. The molecule has 1 atom stereocenters. The fraction of sp³-hybridized carbons (Fsp3) is 0.643. The summed E-state index contributed by atoms with van der Waals surface area (Å²) < 4.78 is 0. The van der Waals surface area contributed by atoms with Crippen molar-refractivity contribution in [1.82, 2.24) is 10.3 Å². The molecule has 96 valence electrons. The second-order valence-corrected chi connectivity index (χ2v) is 4.53. The number of rotatable bonds is 7. The van der Waals surface area contributed by atoms with Gasteiger partial charge in [0, 0.05) is 19.6 Å². The lowest BCUT2D eigenvalue weighted by Crippen LogP contribution is -2.29. The summed E-state index contributed by atoms with van der Waals surface area (Å²) in [4.78, 5) is 6.92. The molecule has 0 radical (unpaired) electrons. The number of aromatic nitrogens is 1. The van der Waals surface area contributed by atoms with Crippen LogP contribution in [0.2, 0.25) is 0 Å². The van der Waals surface area contributed by atoms with Crippen LogP contribution in [0.5, 0.6) is 0 Å². The van der Waals surface area contributed by atoms with E-state index in [1.807, 2.05) is 0 Å². The maximum absolute atomic E-state index is 4.68. The summed E-state index contributed by atoms with van der Waals surface area (Å²) in [5, 5.41) is 3.38. The van der Waals surface area contributed by atoms with Gasteiger partial charge in [-0.3, -0.25) is 0 Å². The fourth-order valence-electron chi connectivity index (χ4n) is 1.65. The molecule has 1 heterocycles. The highest BCUT2D eigenvalue weighted by molar-refractivity contribution is 5.39. The molecule has 1 N–H and O–H groups in total. The molecule has 0 saturated carbocycles. The summed E-state index contributed by atoms with van der Waals surface area (Å²) in [5.41, 5.74) is 1.12. The van der Waals surface area contributed by atoms with E-state index < -0.39 is 0 Å². The first-order chi connectivity index (χ1) is 8.19. The zero-order valence-electron chi connectivity index (χ0n) is 11.5. The maximum atomic E-state index is 4.68. The minimum absolute atomic E-state index is 0.529. The number of nitrogens with zero attached hydrogens (tertiary/aromatic N) is 2. The molecule has 3 nitrogen and oxygen atoms in total. The van der Waals surface area contributed by atoms with Gasteiger partial charge in [0.25, 0.3) is 0 Å². The van der Waals surface area contributed by atoms with Gasteiger partial charge in [0.2, 0.25) is 0 Å². The second-order valence-electron chi connectivity index (χ2n) is 4.53. The summed E-state index contributed by atoms with van der Waals surface area (Å²) in [7, 11) is 2.11. The lowest BCUT2D eigenvalue weighted by atomic mass is 10.2. The Hall–Kier alpha value is -1.09. The van der Waals surface area contributed by atoms with Crippen LogP contribution in [-0.4, -0.2) is 24.6 Å². The number of hydrogen-bond acceptors (Lipinski definition) is 3. The van der Waals surface area contributed by atoms with Crippen molar-refractivity contribution in [2.75, 3.05) is 18.5 Å². The van der Waals surface area contributed by atoms with Crippen molar-refractivity contribution in [1.29, 1.82) is 0 Å². The van der Waals surface area contributed by atoms with E-state index in [1.54, 1.807) is 0 Å². The largest absolute Gasteiger partial charge is 0.357 e. The molecule has 1 aromatic heterocycles. The number of nitrogens with one attached hydrogen (secondary N) is 1. The summed E-state index contributed by atoms with van der Waals surface area (Å²) in [6, 6.07) is 6.78. The molecule has 0 spiro atoms. The first kappa shape index (κ1) is 14.0. The van der Waals surface area contributed by atoms with Gasteiger partial charge in [-0.2, -0.15) is 0 Å². The van der Waals surface area contributed by atoms with Crippen LogP contribution in [0.15, 0.2) is 18.2 Å². The van der Waals surface area contributed by atoms with Crippen molar-refractivity contribution in [2.24, 2.45) is 0 Å². The molecule has 0 fully saturated rings. The molecule has 0 aliphatic heterocycles. The predicted molar refractivity (Wildman–Crippen MR) is 74.4 cm³/mol. The third-order valence-electron chi connectivity index (χ3n) is 3.14. The van der Waals surface area contributed by atoms with Crippen LogP contribution in [0.4, 0.5) is 5.82 Å². The van der Waals surface area contributed by atoms with E-state index in [0.717, 1.165) is 37.4 Å². The Labute approximate surface area is 105 Å². The van der Waals surface area contributed by atoms with E-state index in [9.17, 15) is 0 Å². The van der Waals surface area contributed by atoms with Gasteiger partial charge < -0.3 is 10.2 Å². The van der Waals surface area contributed by atoms with Crippen molar-refractivity contribution < 1.29 is 0 Å². The summed E-state index contributed by atoms with van der Waals surface area (Å²) in [6.45, 7) is 8.51. The third-order valence-corrected chi connectivity index (χ3v) is 3.14. The van der Waals surface area contributed by atoms with Crippen molar-refractivity contribution in [2.45, 2.75) is 46.2 Å². The van der Waals surface area contributed by atoms with Gasteiger partial charge >= 0.3 is 0 Å². The smallest absolute Gasteiger partial charge is 0.128 e. The molecule has 0 aliphatic carbocycles. The lowest BCUT2D eigenvalue weighted by Gasteiger charge is -2.25. The zero-order valence-corrected chi connectivity index (χ0v) is 11.5. The van der Waals surface area contributed by atoms with Gasteiger partial charge in [0.1, 0.15) is 5.82 Å². The quantitative estimate of drug-likeness (QED) is 0.737. The monoisotopic (exact) mass is 235 g/mol. The Morgan fingerprint density at radius 1 is 1.35 bits per heavy atom. The summed E-state index contributed by atoms with van der Waals surface area (Å²) >= 11 is 0. The molecule has 17 heavy (non-hydrogen) atoms. The van der Waals surface area contributed by atoms with Gasteiger partial charge in [-0.25, -0.2) is 4.98 Å². The van der Waals surface area contributed by atoms with Crippen LogP contribution in [0.25, 0.3) is 0 Å². The standard InChI is InChI=1S/C14H25N3/c1-5-10-15-11-13-8-7-9-14(16-13)17(4)12(3)6-2/h7-9,12,15H,5-6,10-11H2,1-4H3. The van der Waals surface area contributed by atoms with E-state index in [0.29, 0.717) is 6.04 Å². The minimum atomic E-state index is 0.529. The van der Waals surface area contributed by atoms with Crippen molar-refractivity contribution in [3.05, 3.63) is 23.9 Å². The first-order valence-corrected chi connectivity index (χ1v) is 6.58. The van der Waals surface area contributed by atoms with Crippen molar-refractivity contribution in [3.8, 4) is 0 Å². The molecule has 0 aromatic carbocycles. The molecule has 0 bridgehead atoms. The van der Waals surface area contributed by atoms with Gasteiger partial charge in [-0.1, -0.05) is 19.9 Å². The van der Waals surface area contributed by atoms with Crippen LogP contribution in [-0.2, 0) is 6.54 Å². The predicted octanol–water partition coefficient (Wildman–Crippen LogP) is 2.82. The van der Waals surface area contributed by atoms with Gasteiger partial charge in [-0.15, -0.1) is 0 Å². The molecular formula is C14H25N3. The van der Waals surface area contributed by atoms with Crippen LogP contribution < -0.4 is 10.2 Å². The highest BCUT2D eigenvalue weighted by Crippen LogP contribution is 2.14. The molecular weight excluding hydrogens is 210 g/mol. The third kappa shape index (κ3) is 4.35. The molecule has 1 unspecified atom stereocenters. The van der Waals surface area contributed by atoms with Gasteiger partial charge in [0.05, 0.1) is 5.69 Å². The lowest BCUT2D eigenvalue weighted by molar-refractivity contribution is 0.644. The number of hydrogen-bond donors (Lipinski definition) is 1. The summed E-state index contributed by atoms with van der Waals surface area (Å²) in [5.74, 6) is 1.06. The molecule has 0 amide bonds. The molecule has 0 saturated heterocycles. The highest BCUT2D eigenvalue weighted by Gasteiger charge is 2.09. The maximum Gasteiger partial charge on any atom is 0.128 e. The Balaban J connectivity index is 2.64. The topological polar surface area (TPSA) is 28.2 Å². The fourth-order valence-corrected chi connectivity index (χ4v) is 1.65. The average molecular weight is 235 g/mol. The van der Waals surface area contributed by atoms with Crippen molar-refractivity contribution >= 4 is 5.82 Å². The Kier molecular flexibility index (Phi) is 5.98. The Morgan fingerprint density at radius 2 is 2.12 bits per heavy atom. The SMILES string of the molecule is CCCNCc1cccc(N(C)C(C)CC)n1. The van der Waals surface area contributed by atoms with E-state index in [1.165, 1.54) is 0 Å². The van der Waals surface area contributed by atoms with Crippen molar-refractivity contribution in [3.63, 3.8) is 0 Å². The van der Waals surface area contributed by atoms with E-state index in [4.69, 9.17) is 0 Å². The van der Waals surface area contributed by atoms with Crippen LogP contribution in [0.3, 0.4) is 0 Å². The molecule has 1 aromatic rings. The average Bonchev–Trinajstić information content (AvgIpc) is 2.37. The van der Waals surface area contributed by atoms with E-state index in [2.05, 4.69) is 61.2 Å². The van der Waals surface area contributed by atoms with E-state index >= 15 is 0 Å². The number of anilines is 1. The molecule has 1 rings (SSSR count). The van der Waals surface area contributed by atoms with Gasteiger partial charge in [0.15, 0.2) is 0 Å². The first-order valence-electron chi connectivity index (χ1n) is 6.58. The Bertz CT molecular complexity index is 325. The minimum Gasteiger partial charge on any atom is -0.357 e. The second kappa shape index (κ2) is 7.28. The van der Waals surface area contributed by atoms with Gasteiger partial charge in [-0.05, 0) is 38.4 Å². The van der Waals surface area contributed by atoms with Crippen LogP contribution in [0.1, 0.15) is 39.3 Å². The summed E-state index contributed by atoms with van der Waals surface area (Å²) in [6.07, 6.45) is 2.29. The molecule has 3 heteroatoms. The highest BCUT2D eigenvalue weighted by atomic mass is 15.2. The zero-order chi connectivity index (χ0) is 12.7. The molecule has 0 aliphatic rings. The van der Waals surface area contributed by atoms with Crippen LogP contribution >= 0.6 is 0 Å².